The molecule has 0 aliphatic heterocycles. The molecule has 0 radical (unpaired) electrons. The third-order valence-electron chi connectivity index (χ3n) is 3.14. The number of nitrogens with zero attached hydrogens (tertiary/aromatic N) is 4. The number of hydrogen-bond acceptors (Lipinski definition) is 6. The van der Waals surface area contributed by atoms with Crippen molar-refractivity contribution in [2.45, 2.75) is 17.5 Å². The number of furan rings is 1. The van der Waals surface area contributed by atoms with E-state index in [0.717, 1.165) is 16.5 Å². The van der Waals surface area contributed by atoms with Gasteiger partial charge in [0, 0.05) is 18.4 Å². The van der Waals surface area contributed by atoms with Crippen molar-refractivity contribution in [2.24, 2.45) is 7.05 Å². The molecule has 0 aliphatic carbocycles. The van der Waals surface area contributed by atoms with Gasteiger partial charge in [0.05, 0.1) is 12.8 Å². The average Bonchev–Trinajstić information content (AvgIpc) is 3.22. The zero-order valence-corrected chi connectivity index (χ0v) is 13.3. The second-order valence-corrected chi connectivity index (χ2v) is 5.78. The SMILES string of the molecule is Cn1nnnc1SCc1cccc(C(=O)NCc2ccco2)c1. The first-order valence-electron chi connectivity index (χ1n) is 6.97. The molecule has 0 aliphatic rings. The van der Waals surface area contributed by atoms with Crippen molar-refractivity contribution in [2.75, 3.05) is 0 Å². The Labute approximate surface area is 137 Å². The zero-order valence-electron chi connectivity index (χ0n) is 12.5. The molecule has 2 heterocycles. The number of aryl methyl sites for hydroxylation is 1. The van der Waals surface area contributed by atoms with Crippen LogP contribution in [0, 0.1) is 0 Å². The van der Waals surface area contributed by atoms with Crippen LogP contribution in [0.5, 0.6) is 0 Å². The largest absolute Gasteiger partial charge is 0.467 e. The number of tetrazole rings is 1. The molecule has 1 aromatic carbocycles. The van der Waals surface area contributed by atoms with Crippen molar-refractivity contribution in [1.29, 1.82) is 0 Å². The van der Waals surface area contributed by atoms with Gasteiger partial charge in [0.15, 0.2) is 0 Å². The maximum absolute atomic E-state index is 12.2. The standard InChI is InChI=1S/C15H15N5O2S/c1-20-15(17-18-19-20)23-10-11-4-2-5-12(8-11)14(21)16-9-13-6-3-7-22-13/h2-8H,9-10H2,1H3,(H,16,21). The topological polar surface area (TPSA) is 85.8 Å². The lowest BCUT2D eigenvalue weighted by atomic mass is 10.1. The molecule has 23 heavy (non-hydrogen) atoms. The lowest BCUT2D eigenvalue weighted by molar-refractivity contribution is 0.0948. The van der Waals surface area contributed by atoms with Gasteiger partial charge in [-0.15, -0.1) is 5.10 Å². The number of aromatic nitrogens is 4. The van der Waals surface area contributed by atoms with Crippen molar-refractivity contribution < 1.29 is 9.21 Å². The number of carbonyl (C=O) groups is 1. The summed E-state index contributed by atoms with van der Waals surface area (Å²) in [6.07, 6.45) is 1.58. The van der Waals surface area contributed by atoms with E-state index in [2.05, 4.69) is 20.8 Å². The number of benzene rings is 1. The summed E-state index contributed by atoms with van der Waals surface area (Å²) in [5.74, 6) is 1.28. The van der Waals surface area contributed by atoms with Gasteiger partial charge in [-0.3, -0.25) is 4.79 Å². The highest BCUT2D eigenvalue weighted by atomic mass is 32.2. The maximum Gasteiger partial charge on any atom is 0.251 e. The summed E-state index contributed by atoms with van der Waals surface area (Å²) in [4.78, 5) is 12.2. The Morgan fingerprint density at radius 2 is 2.26 bits per heavy atom. The maximum atomic E-state index is 12.2. The summed E-state index contributed by atoms with van der Waals surface area (Å²) >= 11 is 1.52. The Morgan fingerprint density at radius 1 is 1.35 bits per heavy atom. The average molecular weight is 329 g/mol. The lowest BCUT2D eigenvalue weighted by Gasteiger charge is -2.06. The molecular formula is C15H15N5O2S. The van der Waals surface area contributed by atoms with Gasteiger partial charge < -0.3 is 9.73 Å². The summed E-state index contributed by atoms with van der Waals surface area (Å²) in [6, 6.07) is 11.1. The van der Waals surface area contributed by atoms with Gasteiger partial charge >= 0.3 is 0 Å². The third kappa shape index (κ3) is 3.98. The van der Waals surface area contributed by atoms with Crippen LogP contribution in [0.15, 0.2) is 52.2 Å². The molecule has 0 saturated carbocycles. The molecule has 3 rings (SSSR count). The summed E-state index contributed by atoms with van der Waals surface area (Å²) in [6.45, 7) is 0.370. The van der Waals surface area contributed by atoms with Crippen LogP contribution in [0.25, 0.3) is 0 Å². The molecule has 2 aromatic heterocycles. The molecule has 1 N–H and O–H groups in total. The molecule has 118 valence electrons. The summed E-state index contributed by atoms with van der Waals surface area (Å²) < 4.78 is 6.81. The number of hydrogen-bond donors (Lipinski definition) is 1. The van der Waals surface area contributed by atoms with E-state index >= 15 is 0 Å². The molecule has 0 saturated heterocycles. The van der Waals surface area contributed by atoms with E-state index in [0.29, 0.717) is 17.9 Å². The Kier molecular flexibility index (Phi) is 4.72. The minimum Gasteiger partial charge on any atom is -0.467 e. The van der Waals surface area contributed by atoms with E-state index in [1.54, 1.807) is 30.1 Å². The number of thioether (sulfide) groups is 1. The first kappa shape index (κ1) is 15.3. The van der Waals surface area contributed by atoms with Crippen LogP contribution >= 0.6 is 11.8 Å². The third-order valence-corrected chi connectivity index (χ3v) is 4.22. The fourth-order valence-corrected chi connectivity index (χ4v) is 2.77. The first-order valence-corrected chi connectivity index (χ1v) is 7.95. The number of amides is 1. The van der Waals surface area contributed by atoms with Gasteiger partial charge in [0.1, 0.15) is 5.76 Å². The monoisotopic (exact) mass is 329 g/mol. The lowest BCUT2D eigenvalue weighted by Crippen LogP contribution is -2.22. The fraction of sp³-hybridized carbons (Fsp3) is 0.200. The van der Waals surface area contributed by atoms with Crippen molar-refractivity contribution >= 4 is 17.7 Å². The molecule has 0 bridgehead atoms. The van der Waals surface area contributed by atoms with E-state index in [-0.39, 0.29) is 5.91 Å². The molecule has 0 unspecified atom stereocenters. The predicted molar refractivity (Wildman–Crippen MR) is 84.7 cm³/mol. The fourth-order valence-electron chi connectivity index (χ4n) is 1.98. The highest BCUT2D eigenvalue weighted by Gasteiger charge is 2.08. The molecule has 0 fully saturated rings. The molecule has 0 atom stereocenters. The Bertz CT molecular complexity index is 785. The predicted octanol–water partition coefficient (Wildman–Crippen LogP) is 2.03. The Hall–Kier alpha value is -2.61. The smallest absolute Gasteiger partial charge is 0.251 e. The quantitative estimate of drug-likeness (QED) is 0.696. The van der Waals surface area contributed by atoms with E-state index in [4.69, 9.17) is 4.42 Å². The molecule has 7 nitrogen and oxygen atoms in total. The number of nitrogens with one attached hydrogen (secondary N) is 1. The summed E-state index contributed by atoms with van der Waals surface area (Å²) in [5, 5.41) is 14.9. The van der Waals surface area contributed by atoms with Gasteiger partial charge in [0.25, 0.3) is 5.91 Å². The van der Waals surface area contributed by atoms with Crippen LogP contribution in [0.4, 0.5) is 0 Å². The van der Waals surface area contributed by atoms with Crippen molar-refractivity contribution in [1.82, 2.24) is 25.5 Å². The molecular weight excluding hydrogens is 314 g/mol. The van der Waals surface area contributed by atoms with Gasteiger partial charge in [-0.1, -0.05) is 23.9 Å². The Balaban J connectivity index is 1.60. The van der Waals surface area contributed by atoms with Crippen LogP contribution in [0.1, 0.15) is 21.7 Å². The van der Waals surface area contributed by atoms with E-state index < -0.39 is 0 Å². The molecule has 1 amide bonds. The minimum absolute atomic E-state index is 0.131. The highest BCUT2D eigenvalue weighted by Crippen LogP contribution is 2.19. The van der Waals surface area contributed by atoms with Crippen LogP contribution in [0.2, 0.25) is 0 Å². The van der Waals surface area contributed by atoms with Gasteiger partial charge in [-0.2, -0.15) is 0 Å². The number of carbonyl (C=O) groups excluding carboxylic acids is 1. The molecule has 0 spiro atoms. The van der Waals surface area contributed by atoms with Crippen LogP contribution < -0.4 is 5.32 Å². The van der Waals surface area contributed by atoms with Crippen molar-refractivity contribution in [3.8, 4) is 0 Å². The summed E-state index contributed by atoms with van der Waals surface area (Å²) in [7, 11) is 1.79. The zero-order chi connectivity index (χ0) is 16.1. The van der Waals surface area contributed by atoms with Gasteiger partial charge in [-0.25, -0.2) is 4.68 Å². The van der Waals surface area contributed by atoms with Crippen molar-refractivity contribution in [3.05, 3.63) is 59.5 Å². The highest BCUT2D eigenvalue weighted by molar-refractivity contribution is 7.98. The molecule has 8 heteroatoms. The molecule has 3 aromatic rings. The minimum atomic E-state index is -0.131. The van der Waals surface area contributed by atoms with Crippen LogP contribution in [-0.4, -0.2) is 26.1 Å². The van der Waals surface area contributed by atoms with Crippen LogP contribution in [-0.2, 0) is 19.3 Å². The van der Waals surface area contributed by atoms with Gasteiger partial charge in [-0.05, 0) is 40.3 Å². The second kappa shape index (κ2) is 7.10. The van der Waals surface area contributed by atoms with Gasteiger partial charge in [0.2, 0.25) is 5.16 Å². The summed E-state index contributed by atoms with van der Waals surface area (Å²) in [5.41, 5.74) is 1.65. The second-order valence-electron chi connectivity index (χ2n) is 4.84. The number of rotatable bonds is 6. The van der Waals surface area contributed by atoms with Crippen molar-refractivity contribution in [3.63, 3.8) is 0 Å². The van der Waals surface area contributed by atoms with E-state index in [1.807, 2.05) is 24.3 Å². The van der Waals surface area contributed by atoms with E-state index in [9.17, 15) is 4.79 Å². The first-order chi connectivity index (χ1) is 11.2. The Morgan fingerprint density at radius 3 is 3.00 bits per heavy atom. The normalized spacial score (nSPS) is 10.7. The van der Waals surface area contributed by atoms with Crippen LogP contribution in [0.3, 0.4) is 0 Å². The van der Waals surface area contributed by atoms with E-state index in [1.165, 1.54) is 11.8 Å².